The van der Waals surface area contributed by atoms with Gasteiger partial charge in [0, 0.05) is 6.07 Å². The monoisotopic (exact) mass is 343 g/mol. The number of halogens is 3. The Labute approximate surface area is 121 Å². The van der Waals surface area contributed by atoms with Crippen LogP contribution in [0.3, 0.4) is 0 Å². The molecule has 1 heterocycles. The Kier molecular flexibility index (Phi) is 4.29. The highest BCUT2D eigenvalue weighted by Crippen LogP contribution is 2.29. The summed E-state index contributed by atoms with van der Waals surface area (Å²) in [7, 11) is 0. The maximum atomic E-state index is 13.5. The van der Waals surface area contributed by atoms with E-state index in [9.17, 15) is 13.6 Å². The fourth-order valence-corrected chi connectivity index (χ4v) is 2.01. The van der Waals surface area contributed by atoms with E-state index in [1.807, 2.05) is 0 Å². The van der Waals surface area contributed by atoms with Crippen LogP contribution in [-0.4, -0.2) is 16.1 Å². The topological polar surface area (TPSA) is 59.4 Å². The molecular formula is C13H8BrF2NO3. The number of nitrogens with zero attached hydrogens (tertiary/aromatic N) is 1. The molecule has 0 spiro atoms. The van der Waals surface area contributed by atoms with Crippen molar-refractivity contribution >= 4 is 21.9 Å². The maximum Gasteiger partial charge on any atom is 0.354 e. The highest BCUT2D eigenvalue weighted by Gasteiger charge is 2.12. The van der Waals surface area contributed by atoms with Crippen LogP contribution in [0.5, 0.6) is 5.75 Å². The predicted octanol–water partition coefficient (Wildman–Crippen LogP) is 3.40. The Morgan fingerprint density at radius 1 is 1.35 bits per heavy atom. The van der Waals surface area contributed by atoms with Gasteiger partial charge in [0.2, 0.25) is 0 Å². The van der Waals surface area contributed by atoms with E-state index in [2.05, 4.69) is 20.9 Å². The zero-order valence-corrected chi connectivity index (χ0v) is 11.5. The van der Waals surface area contributed by atoms with Gasteiger partial charge in [0.1, 0.15) is 18.1 Å². The first kappa shape index (κ1) is 14.4. The van der Waals surface area contributed by atoms with E-state index in [-0.39, 0.29) is 22.5 Å². The normalized spacial score (nSPS) is 10.3. The minimum Gasteiger partial charge on any atom is -0.483 e. The number of pyridine rings is 1. The first-order valence-corrected chi connectivity index (χ1v) is 6.23. The molecule has 104 valence electrons. The van der Waals surface area contributed by atoms with Crippen molar-refractivity contribution in [3.05, 3.63) is 57.8 Å². The van der Waals surface area contributed by atoms with E-state index in [1.165, 1.54) is 12.1 Å². The lowest BCUT2D eigenvalue weighted by molar-refractivity contribution is 0.0690. The standard InChI is InChI=1S/C13H8BrF2NO3/c14-9-4-7(15)5-10(16)12(9)20-6-8-2-1-3-11(17-8)13(18)19/h1-5H,6H2,(H,18,19). The van der Waals surface area contributed by atoms with Gasteiger partial charge in [-0.05, 0) is 34.1 Å². The third-order valence-corrected chi connectivity index (χ3v) is 2.94. The SMILES string of the molecule is O=C(O)c1cccc(COc2c(F)cc(F)cc2Br)n1. The molecule has 2 aromatic rings. The van der Waals surface area contributed by atoms with Crippen molar-refractivity contribution in [2.75, 3.05) is 0 Å². The third-order valence-electron chi connectivity index (χ3n) is 2.35. The van der Waals surface area contributed by atoms with Gasteiger partial charge in [0.05, 0.1) is 10.2 Å². The predicted molar refractivity (Wildman–Crippen MR) is 69.6 cm³/mol. The van der Waals surface area contributed by atoms with E-state index in [1.54, 1.807) is 6.07 Å². The summed E-state index contributed by atoms with van der Waals surface area (Å²) in [6.07, 6.45) is 0. The molecule has 4 nitrogen and oxygen atoms in total. The van der Waals surface area contributed by atoms with Crippen molar-refractivity contribution in [1.82, 2.24) is 4.98 Å². The summed E-state index contributed by atoms with van der Waals surface area (Å²) in [4.78, 5) is 14.6. The van der Waals surface area contributed by atoms with Gasteiger partial charge in [-0.15, -0.1) is 0 Å². The second kappa shape index (κ2) is 5.96. The number of hydrogen-bond acceptors (Lipinski definition) is 3. The highest BCUT2D eigenvalue weighted by atomic mass is 79.9. The van der Waals surface area contributed by atoms with Gasteiger partial charge >= 0.3 is 5.97 Å². The van der Waals surface area contributed by atoms with Gasteiger partial charge in [-0.1, -0.05) is 6.07 Å². The van der Waals surface area contributed by atoms with Crippen LogP contribution in [0.25, 0.3) is 0 Å². The minimum absolute atomic E-state index is 0.129. The van der Waals surface area contributed by atoms with E-state index < -0.39 is 17.6 Å². The molecule has 7 heteroatoms. The van der Waals surface area contributed by atoms with Crippen LogP contribution in [0.1, 0.15) is 16.2 Å². The molecule has 0 atom stereocenters. The highest BCUT2D eigenvalue weighted by molar-refractivity contribution is 9.10. The Hall–Kier alpha value is -2.02. The third kappa shape index (κ3) is 3.30. The molecule has 2 rings (SSSR count). The fourth-order valence-electron chi connectivity index (χ4n) is 1.49. The Balaban J connectivity index is 2.17. The van der Waals surface area contributed by atoms with Crippen LogP contribution in [0.15, 0.2) is 34.8 Å². The van der Waals surface area contributed by atoms with Crippen LogP contribution in [-0.2, 0) is 6.61 Å². The minimum atomic E-state index is -1.17. The van der Waals surface area contributed by atoms with Crippen molar-refractivity contribution in [1.29, 1.82) is 0 Å². The van der Waals surface area contributed by atoms with Gasteiger partial charge in [0.25, 0.3) is 0 Å². The molecule has 1 aromatic heterocycles. The first-order chi connectivity index (χ1) is 9.47. The summed E-state index contributed by atoms with van der Waals surface area (Å²) in [6.45, 7) is -0.137. The van der Waals surface area contributed by atoms with Crippen molar-refractivity contribution < 1.29 is 23.4 Å². The van der Waals surface area contributed by atoms with Crippen molar-refractivity contribution in [2.45, 2.75) is 6.61 Å². The maximum absolute atomic E-state index is 13.5. The molecule has 0 amide bonds. The fraction of sp³-hybridized carbons (Fsp3) is 0.0769. The molecule has 0 radical (unpaired) electrons. The molecule has 0 aliphatic rings. The number of carboxylic acid groups (broad SMARTS) is 1. The number of carboxylic acids is 1. The summed E-state index contributed by atoms with van der Waals surface area (Å²) in [6, 6.07) is 6.15. The molecule has 0 aliphatic carbocycles. The van der Waals surface area contributed by atoms with Crippen LogP contribution in [0.2, 0.25) is 0 Å². The van der Waals surface area contributed by atoms with Crippen molar-refractivity contribution in [2.24, 2.45) is 0 Å². The van der Waals surface area contributed by atoms with Crippen LogP contribution < -0.4 is 4.74 Å². The average molecular weight is 344 g/mol. The molecule has 0 bridgehead atoms. The first-order valence-electron chi connectivity index (χ1n) is 5.44. The van der Waals surface area contributed by atoms with Crippen molar-refractivity contribution in [3.63, 3.8) is 0 Å². The molecule has 0 unspecified atom stereocenters. The second-order valence-corrected chi connectivity index (χ2v) is 4.66. The van der Waals surface area contributed by atoms with Crippen molar-refractivity contribution in [3.8, 4) is 5.75 Å². The molecule has 0 fully saturated rings. The van der Waals surface area contributed by atoms with E-state index in [0.717, 1.165) is 6.07 Å². The largest absolute Gasteiger partial charge is 0.483 e. The van der Waals surface area contributed by atoms with E-state index in [4.69, 9.17) is 9.84 Å². The second-order valence-electron chi connectivity index (χ2n) is 3.81. The number of aromatic carboxylic acids is 1. The summed E-state index contributed by atoms with van der Waals surface area (Å²) < 4.78 is 31.8. The summed E-state index contributed by atoms with van der Waals surface area (Å²) >= 11 is 2.99. The number of benzene rings is 1. The molecular weight excluding hydrogens is 336 g/mol. The molecule has 1 N–H and O–H groups in total. The zero-order valence-electron chi connectivity index (χ0n) is 9.94. The zero-order chi connectivity index (χ0) is 14.7. The molecule has 0 aliphatic heterocycles. The molecule has 0 saturated heterocycles. The smallest absolute Gasteiger partial charge is 0.354 e. The lowest BCUT2D eigenvalue weighted by atomic mass is 10.3. The van der Waals surface area contributed by atoms with Gasteiger partial charge in [-0.3, -0.25) is 0 Å². The van der Waals surface area contributed by atoms with Gasteiger partial charge in [0.15, 0.2) is 11.6 Å². The average Bonchev–Trinajstić information content (AvgIpc) is 2.37. The van der Waals surface area contributed by atoms with Crippen LogP contribution in [0.4, 0.5) is 8.78 Å². The van der Waals surface area contributed by atoms with Gasteiger partial charge < -0.3 is 9.84 Å². The van der Waals surface area contributed by atoms with E-state index >= 15 is 0 Å². The molecule has 0 saturated carbocycles. The van der Waals surface area contributed by atoms with Gasteiger partial charge in [-0.25, -0.2) is 18.6 Å². The van der Waals surface area contributed by atoms with E-state index in [0.29, 0.717) is 11.8 Å². The number of carbonyl (C=O) groups is 1. The number of rotatable bonds is 4. The van der Waals surface area contributed by atoms with Crippen LogP contribution in [0, 0.1) is 11.6 Å². The van der Waals surface area contributed by atoms with Crippen LogP contribution >= 0.6 is 15.9 Å². The number of hydrogen-bond donors (Lipinski definition) is 1. The molecule has 20 heavy (non-hydrogen) atoms. The summed E-state index contributed by atoms with van der Waals surface area (Å²) in [5.74, 6) is -2.91. The summed E-state index contributed by atoms with van der Waals surface area (Å²) in [5.41, 5.74) is 0.185. The quantitative estimate of drug-likeness (QED) is 0.924. The number of aromatic nitrogens is 1. The Morgan fingerprint density at radius 2 is 2.10 bits per heavy atom. The molecule has 1 aromatic carbocycles. The lowest BCUT2D eigenvalue weighted by Gasteiger charge is -2.09. The summed E-state index contributed by atoms with van der Waals surface area (Å²) in [5, 5.41) is 8.80. The Bertz CT molecular complexity index is 641. The number of ether oxygens (including phenoxy) is 1. The Morgan fingerprint density at radius 3 is 2.75 bits per heavy atom. The lowest BCUT2D eigenvalue weighted by Crippen LogP contribution is -2.05. The van der Waals surface area contributed by atoms with Gasteiger partial charge in [-0.2, -0.15) is 0 Å².